The number of phenolic OH excluding ortho intramolecular Hbond substituents is 1. The summed E-state index contributed by atoms with van der Waals surface area (Å²) in [6.45, 7) is 3.92. The van der Waals surface area contributed by atoms with Crippen LogP contribution in [-0.2, 0) is 7.05 Å². The number of hydrogen-bond acceptors (Lipinski definition) is 2. The maximum Gasteiger partial charge on any atom is 0.338 e. The van der Waals surface area contributed by atoms with E-state index in [4.69, 9.17) is 0 Å². The van der Waals surface area contributed by atoms with Gasteiger partial charge in [0.1, 0.15) is 5.75 Å². The molecule has 0 saturated carbocycles. The predicted molar refractivity (Wildman–Crippen MR) is 65.6 cm³/mol. The van der Waals surface area contributed by atoms with Crippen molar-refractivity contribution in [1.82, 2.24) is 4.57 Å². The van der Waals surface area contributed by atoms with Crippen LogP contribution in [0.3, 0.4) is 0 Å². The van der Waals surface area contributed by atoms with E-state index in [1.807, 2.05) is 25.5 Å². The van der Waals surface area contributed by atoms with Crippen LogP contribution >= 0.6 is 0 Å². The molecule has 2 N–H and O–H groups in total. The molecule has 0 unspecified atom stereocenters. The summed E-state index contributed by atoms with van der Waals surface area (Å²) in [4.78, 5) is 11.4. The number of fused-ring (bicyclic) bond motifs is 1. The fourth-order valence-electron chi connectivity index (χ4n) is 2.35. The molecule has 0 amide bonds. The third-order valence-electron chi connectivity index (χ3n) is 2.99. The molecule has 2 rings (SSSR count). The van der Waals surface area contributed by atoms with E-state index in [0.29, 0.717) is 5.39 Å². The average Bonchev–Trinajstić information content (AvgIpc) is 2.51. The lowest BCUT2D eigenvalue weighted by Crippen LogP contribution is -2.05. The van der Waals surface area contributed by atoms with Crippen molar-refractivity contribution in [3.05, 3.63) is 29.5 Å². The number of aromatic hydroxyl groups is 1. The number of aromatic carboxylic acids is 1. The van der Waals surface area contributed by atoms with E-state index in [0.717, 1.165) is 11.2 Å². The van der Waals surface area contributed by atoms with E-state index >= 15 is 0 Å². The highest BCUT2D eigenvalue weighted by atomic mass is 16.4. The van der Waals surface area contributed by atoms with Crippen molar-refractivity contribution in [2.75, 3.05) is 0 Å². The summed E-state index contributed by atoms with van der Waals surface area (Å²) < 4.78 is 1.88. The Morgan fingerprint density at radius 3 is 2.53 bits per heavy atom. The van der Waals surface area contributed by atoms with Gasteiger partial charge in [0, 0.05) is 23.6 Å². The molecule has 2 aromatic rings. The second-order valence-corrected chi connectivity index (χ2v) is 4.48. The molecule has 0 atom stereocenters. The van der Waals surface area contributed by atoms with Crippen molar-refractivity contribution < 1.29 is 15.0 Å². The van der Waals surface area contributed by atoms with Crippen molar-refractivity contribution in [1.29, 1.82) is 0 Å². The molecule has 4 heteroatoms. The van der Waals surface area contributed by atoms with E-state index in [2.05, 4.69) is 0 Å². The van der Waals surface area contributed by atoms with E-state index in [9.17, 15) is 15.0 Å². The van der Waals surface area contributed by atoms with E-state index < -0.39 is 5.97 Å². The fourth-order valence-corrected chi connectivity index (χ4v) is 2.35. The van der Waals surface area contributed by atoms with Crippen LogP contribution in [0, 0.1) is 0 Å². The Morgan fingerprint density at radius 2 is 2.00 bits per heavy atom. The SMILES string of the molecule is CC(C)c1c(C(=O)O)c2cc(O)ccc2n1C. The lowest BCUT2D eigenvalue weighted by molar-refractivity contribution is 0.0697. The van der Waals surface area contributed by atoms with Crippen molar-refractivity contribution in [3.8, 4) is 5.75 Å². The highest BCUT2D eigenvalue weighted by Gasteiger charge is 2.22. The first-order valence-corrected chi connectivity index (χ1v) is 5.48. The number of carboxylic acids is 1. The molecule has 0 radical (unpaired) electrons. The molecule has 0 aliphatic rings. The van der Waals surface area contributed by atoms with Crippen molar-refractivity contribution >= 4 is 16.9 Å². The largest absolute Gasteiger partial charge is 0.508 e. The summed E-state index contributed by atoms with van der Waals surface area (Å²) in [7, 11) is 1.85. The number of benzene rings is 1. The van der Waals surface area contributed by atoms with Crippen LogP contribution in [0.5, 0.6) is 5.75 Å². The lowest BCUT2D eigenvalue weighted by Gasteiger charge is -2.08. The minimum absolute atomic E-state index is 0.0842. The van der Waals surface area contributed by atoms with Crippen LogP contribution in [0.1, 0.15) is 35.8 Å². The van der Waals surface area contributed by atoms with Crippen molar-refractivity contribution in [3.63, 3.8) is 0 Å². The zero-order valence-electron chi connectivity index (χ0n) is 10.1. The molecule has 1 aromatic heterocycles. The van der Waals surface area contributed by atoms with Gasteiger partial charge in [-0.3, -0.25) is 0 Å². The van der Waals surface area contributed by atoms with Crippen molar-refractivity contribution in [2.45, 2.75) is 19.8 Å². The number of hydrogen-bond donors (Lipinski definition) is 2. The Labute approximate surface area is 99.1 Å². The number of aromatic nitrogens is 1. The van der Waals surface area contributed by atoms with Gasteiger partial charge in [-0.25, -0.2) is 4.79 Å². The number of carbonyl (C=O) groups is 1. The first-order chi connectivity index (χ1) is 7.93. The van der Waals surface area contributed by atoms with Crippen LogP contribution in [0.2, 0.25) is 0 Å². The van der Waals surface area contributed by atoms with Crippen LogP contribution in [0.25, 0.3) is 10.9 Å². The molecular weight excluding hydrogens is 218 g/mol. The van der Waals surface area contributed by atoms with Gasteiger partial charge in [0.05, 0.1) is 5.56 Å². The standard InChI is InChI=1S/C13H15NO3/c1-7(2)12-11(13(16)17)9-6-8(15)4-5-10(9)14(12)3/h4-7,15H,1-3H3,(H,16,17). The van der Waals surface area contributed by atoms with Gasteiger partial charge >= 0.3 is 5.97 Å². The molecule has 0 saturated heterocycles. The van der Waals surface area contributed by atoms with Gasteiger partial charge in [-0.2, -0.15) is 0 Å². The maximum atomic E-state index is 11.4. The molecule has 90 valence electrons. The van der Waals surface area contributed by atoms with Gasteiger partial charge in [-0.15, -0.1) is 0 Å². The monoisotopic (exact) mass is 233 g/mol. The van der Waals surface area contributed by atoms with Gasteiger partial charge < -0.3 is 14.8 Å². The van der Waals surface area contributed by atoms with Gasteiger partial charge in [0.25, 0.3) is 0 Å². The fraction of sp³-hybridized carbons (Fsp3) is 0.308. The Balaban J connectivity index is 2.93. The molecule has 1 heterocycles. The summed E-state index contributed by atoms with van der Waals surface area (Å²) in [5, 5.41) is 19.4. The van der Waals surface area contributed by atoms with E-state index in [1.165, 1.54) is 6.07 Å². The summed E-state index contributed by atoms with van der Waals surface area (Å²) in [5.74, 6) is -0.758. The first kappa shape index (κ1) is 11.5. The Bertz CT molecular complexity index is 596. The molecule has 0 bridgehead atoms. The highest BCUT2D eigenvalue weighted by molar-refractivity contribution is 6.05. The number of rotatable bonds is 2. The summed E-state index contributed by atoms with van der Waals surface area (Å²) in [6, 6.07) is 4.81. The lowest BCUT2D eigenvalue weighted by atomic mass is 10.0. The molecule has 0 aliphatic carbocycles. The smallest absolute Gasteiger partial charge is 0.338 e. The topological polar surface area (TPSA) is 62.5 Å². The Hall–Kier alpha value is -1.97. The third kappa shape index (κ3) is 1.65. The first-order valence-electron chi connectivity index (χ1n) is 5.48. The summed E-state index contributed by atoms with van der Waals surface area (Å²) in [6.07, 6.45) is 0. The second kappa shape index (κ2) is 3.80. The number of phenols is 1. The van der Waals surface area contributed by atoms with E-state index in [1.54, 1.807) is 12.1 Å². The number of carboxylic acid groups (broad SMARTS) is 1. The van der Waals surface area contributed by atoms with Crippen LogP contribution in [0.15, 0.2) is 18.2 Å². The maximum absolute atomic E-state index is 11.4. The average molecular weight is 233 g/mol. The number of nitrogens with zero attached hydrogens (tertiary/aromatic N) is 1. The van der Waals surface area contributed by atoms with Gasteiger partial charge in [0.2, 0.25) is 0 Å². The molecule has 4 nitrogen and oxygen atoms in total. The normalized spacial score (nSPS) is 11.3. The summed E-state index contributed by atoms with van der Waals surface area (Å²) in [5.41, 5.74) is 1.88. The molecule has 0 aliphatic heterocycles. The molecule has 0 spiro atoms. The van der Waals surface area contributed by atoms with Gasteiger partial charge in [0.15, 0.2) is 0 Å². The third-order valence-corrected chi connectivity index (χ3v) is 2.99. The Kier molecular flexibility index (Phi) is 2.58. The molecule has 1 aromatic carbocycles. The van der Waals surface area contributed by atoms with Crippen molar-refractivity contribution in [2.24, 2.45) is 7.05 Å². The van der Waals surface area contributed by atoms with Gasteiger partial charge in [-0.05, 0) is 24.1 Å². The zero-order valence-corrected chi connectivity index (χ0v) is 10.1. The van der Waals surface area contributed by atoms with Crippen LogP contribution in [-0.4, -0.2) is 20.7 Å². The summed E-state index contributed by atoms with van der Waals surface area (Å²) >= 11 is 0. The van der Waals surface area contributed by atoms with Crippen LogP contribution < -0.4 is 0 Å². The molecule has 17 heavy (non-hydrogen) atoms. The number of aryl methyl sites for hydroxylation is 1. The van der Waals surface area contributed by atoms with Gasteiger partial charge in [-0.1, -0.05) is 13.8 Å². The van der Waals surface area contributed by atoms with E-state index in [-0.39, 0.29) is 17.2 Å². The van der Waals surface area contributed by atoms with Crippen LogP contribution in [0.4, 0.5) is 0 Å². The zero-order chi connectivity index (χ0) is 12.7. The molecule has 0 fully saturated rings. The Morgan fingerprint density at radius 1 is 1.35 bits per heavy atom. The quantitative estimate of drug-likeness (QED) is 0.838. The minimum Gasteiger partial charge on any atom is -0.508 e. The molecular formula is C13H15NO3. The predicted octanol–water partition coefficient (Wildman–Crippen LogP) is 2.71. The second-order valence-electron chi connectivity index (χ2n) is 4.48. The highest BCUT2D eigenvalue weighted by Crippen LogP contribution is 2.32. The minimum atomic E-state index is -0.954.